The number of hydrogen-bond acceptors (Lipinski definition) is 10. The largest absolute Gasteiger partial charge is 0.508 e. The van der Waals surface area contributed by atoms with Crippen molar-refractivity contribution < 1.29 is 34.2 Å². The molecule has 0 bridgehead atoms. The molecule has 5 atom stereocenters. The Balaban J connectivity index is 1.87. The Morgan fingerprint density at radius 1 is 0.650 bits per heavy atom. The number of aliphatic imine (C=N–C) groups is 1. The van der Waals surface area contributed by atoms with Gasteiger partial charge in [0.2, 0.25) is 23.6 Å². The smallest absolute Gasteiger partial charge is 0.326 e. The third-order valence-corrected chi connectivity index (χ3v) is 9.87. The molecule has 0 radical (unpaired) electrons. The van der Waals surface area contributed by atoms with Gasteiger partial charge in [0.05, 0.1) is 6.04 Å². The molecule has 4 amide bonds. The molecule has 328 valence electrons. The van der Waals surface area contributed by atoms with Crippen LogP contribution in [0.1, 0.15) is 76.3 Å². The third kappa shape index (κ3) is 17.6. The van der Waals surface area contributed by atoms with E-state index in [1.807, 2.05) is 50.2 Å². The highest BCUT2D eigenvalue weighted by atomic mass is 16.4. The van der Waals surface area contributed by atoms with Crippen LogP contribution in [-0.4, -0.2) is 102 Å². The predicted octanol–water partition coefficient (Wildman–Crippen LogP) is 1.03. The summed E-state index contributed by atoms with van der Waals surface area (Å²) in [6, 6.07) is 13.8. The minimum atomic E-state index is -1.33. The predicted molar refractivity (Wildman–Crippen MR) is 233 cm³/mol. The lowest BCUT2D eigenvalue weighted by molar-refractivity contribution is -0.142. The summed E-state index contributed by atoms with van der Waals surface area (Å²) in [6.45, 7) is 5.26. The van der Waals surface area contributed by atoms with Crippen LogP contribution >= 0.6 is 0 Å². The first-order valence-corrected chi connectivity index (χ1v) is 20.6. The molecule has 60 heavy (non-hydrogen) atoms. The summed E-state index contributed by atoms with van der Waals surface area (Å²) in [5.41, 5.74) is 24.1. The molecule has 17 heteroatoms. The number of unbranched alkanes of at least 4 members (excludes halogenated alkanes) is 2. The fraction of sp³-hybridized carbons (Fsp3) is 0.488. The maximum absolute atomic E-state index is 14.2. The van der Waals surface area contributed by atoms with Gasteiger partial charge in [0.15, 0.2) is 5.96 Å². The van der Waals surface area contributed by atoms with Crippen molar-refractivity contribution >= 4 is 46.3 Å². The third-order valence-electron chi connectivity index (χ3n) is 9.87. The van der Waals surface area contributed by atoms with E-state index >= 15 is 0 Å². The first-order valence-electron chi connectivity index (χ1n) is 20.6. The van der Waals surface area contributed by atoms with Crippen LogP contribution < -0.4 is 49.5 Å². The molecule has 0 aliphatic rings. The van der Waals surface area contributed by atoms with Crippen LogP contribution in [0.2, 0.25) is 0 Å². The summed E-state index contributed by atoms with van der Waals surface area (Å²) in [5, 5.41) is 36.1. The van der Waals surface area contributed by atoms with Crippen molar-refractivity contribution in [1.29, 1.82) is 0 Å². The van der Waals surface area contributed by atoms with Crippen molar-refractivity contribution in [3.63, 3.8) is 0 Å². The molecule has 0 unspecified atom stereocenters. The number of fused-ring (bicyclic) bond motifs is 1. The highest BCUT2D eigenvalue weighted by Gasteiger charge is 2.32. The molecule has 15 N–H and O–H groups in total. The number of nitrogens with one attached hydrogen (secondary N) is 5. The highest BCUT2D eigenvalue weighted by Crippen LogP contribution is 2.18. The number of rotatable bonds is 27. The van der Waals surface area contributed by atoms with Crippen LogP contribution in [0, 0.1) is 0 Å². The molecular weight excluding hydrogens is 769 g/mol. The van der Waals surface area contributed by atoms with Gasteiger partial charge >= 0.3 is 5.97 Å². The van der Waals surface area contributed by atoms with Crippen molar-refractivity contribution in [1.82, 2.24) is 26.6 Å². The van der Waals surface area contributed by atoms with Crippen LogP contribution in [0.4, 0.5) is 0 Å². The summed E-state index contributed by atoms with van der Waals surface area (Å²) in [7, 11) is 0. The number of carbonyl (C=O) groups is 5. The van der Waals surface area contributed by atoms with E-state index in [9.17, 15) is 34.2 Å². The molecule has 3 aromatic rings. The van der Waals surface area contributed by atoms with Gasteiger partial charge < -0.3 is 59.7 Å². The SMILES string of the molecule is CC(C)NCCCC[C@H](NC(=O)[C@H](Cc1ccc(O)cc1)NC(=O)[C@@H](N)CCCCN)C(=O)N[C@H](CCCN=C(N)N)C(=O)N[C@@H](Cc1ccc2ccccc2c1)C(=O)O. The molecule has 0 heterocycles. The Morgan fingerprint density at radius 3 is 1.82 bits per heavy atom. The Kier molecular flexibility index (Phi) is 20.8. The lowest BCUT2D eigenvalue weighted by atomic mass is 10.0. The maximum atomic E-state index is 14.2. The fourth-order valence-electron chi connectivity index (χ4n) is 6.52. The number of aromatic hydroxyl groups is 1. The number of carboxylic acid groups (broad SMARTS) is 1. The number of hydrogen-bond donors (Lipinski definition) is 11. The van der Waals surface area contributed by atoms with Crippen molar-refractivity contribution in [3.8, 4) is 5.75 Å². The zero-order chi connectivity index (χ0) is 44.0. The van der Waals surface area contributed by atoms with Gasteiger partial charge in [0.1, 0.15) is 29.9 Å². The number of carboxylic acids is 1. The monoisotopic (exact) mass is 832 g/mol. The van der Waals surface area contributed by atoms with Gasteiger partial charge in [-0.3, -0.25) is 24.2 Å². The van der Waals surface area contributed by atoms with E-state index in [1.165, 1.54) is 12.1 Å². The first-order chi connectivity index (χ1) is 28.7. The molecule has 17 nitrogen and oxygen atoms in total. The number of carbonyl (C=O) groups excluding carboxylic acids is 4. The second-order valence-electron chi connectivity index (χ2n) is 15.3. The molecule has 3 rings (SSSR count). The van der Waals surface area contributed by atoms with Gasteiger partial charge in [-0.05, 0) is 92.1 Å². The van der Waals surface area contributed by atoms with Crippen LogP contribution in [-0.2, 0) is 36.8 Å². The van der Waals surface area contributed by atoms with Crippen LogP contribution in [0.5, 0.6) is 5.75 Å². The molecule has 0 spiro atoms. The molecule has 0 aliphatic heterocycles. The standard InChI is InChI=1S/C43H64N10O7/c1-27(2)48-22-8-6-13-34(51-41(58)36(25-28-16-19-32(54)20-17-28)52-38(55)33(45)12-5-7-21-44)39(56)50-35(14-9-23-49-43(46)47)40(57)53-37(42(59)60)26-29-15-18-30-10-3-4-11-31(30)24-29/h3-4,10-11,15-20,24,27,33-37,48,54H,5-9,12-14,21-23,25-26,44-45H2,1-2H3,(H,50,56)(H,51,58)(H,52,55)(H,53,57)(H,59,60)(H4,46,47,49)/t33-,34-,35+,36-,37-/m0/s1. The van der Waals surface area contributed by atoms with Gasteiger partial charge in [0.25, 0.3) is 0 Å². The number of benzene rings is 3. The summed E-state index contributed by atoms with van der Waals surface area (Å²) >= 11 is 0. The quantitative estimate of drug-likeness (QED) is 0.0292. The van der Waals surface area contributed by atoms with Crippen LogP contribution in [0.25, 0.3) is 10.8 Å². The number of guanidine groups is 1. The van der Waals surface area contributed by atoms with E-state index in [-0.39, 0.29) is 56.4 Å². The first kappa shape index (κ1) is 48.6. The Hall–Kier alpha value is -5.78. The molecule has 0 aromatic heterocycles. The van der Waals surface area contributed by atoms with Gasteiger partial charge in [-0.15, -0.1) is 0 Å². The van der Waals surface area contributed by atoms with Gasteiger partial charge in [-0.2, -0.15) is 0 Å². The Labute approximate surface area is 351 Å². The Bertz CT molecular complexity index is 1870. The second-order valence-corrected chi connectivity index (χ2v) is 15.3. The lowest BCUT2D eigenvalue weighted by Crippen LogP contribution is -2.59. The van der Waals surface area contributed by atoms with E-state index in [0.29, 0.717) is 56.3 Å². The molecule has 0 fully saturated rings. The summed E-state index contributed by atoms with van der Waals surface area (Å²) in [6.07, 6.45) is 3.29. The van der Waals surface area contributed by atoms with Crippen LogP contribution in [0.15, 0.2) is 71.7 Å². The number of aliphatic carboxylic acids is 1. The van der Waals surface area contributed by atoms with Crippen molar-refractivity contribution in [2.45, 2.75) is 114 Å². The topological polar surface area (TPSA) is 302 Å². The van der Waals surface area contributed by atoms with E-state index in [2.05, 4.69) is 31.6 Å². The highest BCUT2D eigenvalue weighted by molar-refractivity contribution is 5.95. The van der Waals surface area contributed by atoms with E-state index in [1.54, 1.807) is 18.2 Å². The normalized spacial score (nSPS) is 13.7. The fourth-order valence-corrected chi connectivity index (χ4v) is 6.52. The number of amides is 4. The summed E-state index contributed by atoms with van der Waals surface area (Å²) in [5.74, 6) is -4.04. The Morgan fingerprint density at radius 2 is 1.20 bits per heavy atom. The van der Waals surface area contributed by atoms with Crippen molar-refractivity contribution in [2.75, 3.05) is 19.6 Å². The van der Waals surface area contributed by atoms with Crippen molar-refractivity contribution in [2.24, 2.45) is 27.9 Å². The minimum Gasteiger partial charge on any atom is -0.508 e. The zero-order valence-corrected chi connectivity index (χ0v) is 34.7. The van der Waals surface area contributed by atoms with Gasteiger partial charge in [-0.1, -0.05) is 74.9 Å². The number of nitrogens with zero attached hydrogens (tertiary/aromatic N) is 1. The average Bonchev–Trinajstić information content (AvgIpc) is 3.21. The molecular formula is C43H64N10O7. The van der Waals surface area contributed by atoms with Crippen LogP contribution in [0.3, 0.4) is 0 Å². The zero-order valence-electron chi connectivity index (χ0n) is 34.7. The number of nitrogens with two attached hydrogens (primary N) is 4. The molecule has 0 saturated heterocycles. The molecule has 3 aromatic carbocycles. The maximum Gasteiger partial charge on any atom is 0.326 e. The van der Waals surface area contributed by atoms with Gasteiger partial charge in [0, 0.05) is 25.4 Å². The second kappa shape index (κ2) is 25.6. The van der Waals surface area contributed by atoms with Gasteiger partial charge in [-0.25, -0.2) is 4.79 Å². The minimum absolute atomic E-state index is 0.0175. The summed E-state index contributed by atoms with van der Waals surface area (Å²) < 4.78 is 0. The van der Waals surface area contributed by atoms with E-state index in [0.717, 1.165) is 10.8 Å². The summed E-state index contributed by atoms with van der Waals surface area (Å²) in [4.78, 5) is 71.8. The average molecular weight is 833 g/mol. The van der Waals surface area contributed by atoms with Crippen molar-refractivity contribution in [3.05, 3.63) is 77.9 Å². The number of phenols is 1. The van der Waals surface area contributed by atoms with E-state index in [4.69, 9.17) is 22.9 Å². The molecule has 0 aliphatic carbocycles. The molecule has 0 saturated carbocycles. The lowest BCUT2D eigenvalue weighted by Gasteiger charge is -2.27. The van der Waals surface area contributed by atoms with E-state index < -0.39 is 59.8 Å². The number of phenolic OH excluding ortho intramolecular Hbond substituents is 1.